The van der Waals surface area contributed by atoms with Crippen molar-refractivity contribution in [3.63, 3.8) is 0 Å². The number of hydrogen-bond acceptors (Lipinski definition) is 4. The van der Waals surface area contributed by atoms with Gasteiger partial charge in [0.05, 0.1) is 6.61 Å². The summed E-state index contributed by atoms with van der Waals surface area (Å²) < 4.78 is 17.1. The van der Waals surface area contributed by atoms with Gasteiger partial charge in [0.1, 0.15) is 23.6 Å². The molecule has 0 aliphatic carbocycles. The first kappa shape index (κ1) is 19.2. The summed E-state index contributed by atoms with van der Waals surface area (Å²) in [5.74, 6) is 0.816. The van der Waals surface area contributed by atoms with Gasteiger partial charge >= 0.3 is 6.09 Å². The first-order valence-electron chi connectivity index (χ1n) is 9.25. The van der Waals surface area contributed by atoms with Crippen LogP contribution in [-0.2, 0) is 21.7 Å². The molecule has 1 fully saturated rings. The summed E-state index contributed by atoms with van der Waals surface area (Å²) in [7, 11) is 0. The normalized spacial score (nSPS) is 18.6. The van der Waals surface area contributed by atoms with Crippen LogP contribution in [0.2, 0.25) is 0 Å². The number of alkyl carbamates (subject to hydrolysis) is 1. The summed E-state index contributed by atoms with van der Waals surface area (Å²) in [5, 5.41) is 2.80. The third-order valence-electron chi connectivity index (χ3n) is 4.30. The fourth-order valence-corrected chi connectivity index (χ4v) is 2.91. The van der Waals surface area contributed by atoms with Crippen molar-refractivity contribution in [3.8, 4) is 5.75 Å². The number of hydrogen-bond donors (Lipinski definition) is 1. The predicted octanol–water partition coefficient (Wildman–Crippen LogP) is 4.41. The number of rotatable bonds is 7. The lowest BCUT2D eigenvalue weighted by Gasteiger charge is -2.21. The Morgan fingerprint density at radius 2 is 1.78 bits per heavy atom. The second-order valence-corrected chi connectivity index (χ2v) is 7.73. The Morgan fingerprint density at radius 3 is 2.44 bits per heavy atom. The van der Waals surface area contributed by atoms with Crippen LogP contribution in [0.4, 0.5) is 4.79 Å². The highest BCUT2D eigenvalue weighted by atomic mass is 16.6. The summed E-state index contributed by atoms with van der Waals surface area (Å²) in [6, 6.07) is 18.0. The lowest BCUT2D eigenvalue weighted by Crippen LogP contribution is -2.34. The van der Waals surface area contributed by atoms with E-state index >= 15 is 0 Å². The molecule has 1 aliphatic rings. The molecule has 1 N–H and O–H groups in total. The van der Waals surface area contributed by atoms with E-state index < -0.39 is 17.3 Å². The molecule has 1 saturated heterocycles. The maximum absolute atomic E-state index is 11.8. The van der Waals surface area contributed by atoms with Crippen molar-refractivity contribution in [1.82, 2.24) is 5.32 Å². The molecule has 27 heavy (non-hydrogen) atoms. The minimum absolute atomic E-state index is 0.401. The number of amides is 1. The van der Waals surface area contributed by atoms with Crippen LogP contribution in [0, 0.1) is 0 Å². The van der Waals surface area contributed by atoms with Gasteiger partial charge in [0.25, 0.3) is 0 Å². The molecule has 0 saturated carbocycles. The third-order valence-corrected chi connectivity index (χ3v) is 4.30. The number of epoxide rings is 1. The molecule has 2 aromatic carbocycles. The van der Waals surface area contributed by atoms with E-state index in [-0.39, 0.29) is 0 Å². The topological polar surface area (TPSA) is 60.1 Å². The molecule has 0 aromatic heterocycles. The van der Waals surface area contributed by atoms with E-state index in [1.54, 1.807) is 0 Å². The molecule has 0 spiro atoms. The lowest BCUT2D eigenvalue weighted by atomic mass is 9.95. The minimum atomic E-state index is -0.504. The summed E-state index contributed by atoms with van der Waals surface area (Å²) in [6.07, 6.45) is 0.254. The largest absolute Gasteiger partial charge is 0.489 e. The zero-order chi connectivity index (χ0) is 19.3. The number of para-hydroxylation sites is 1. The van der Waals surface area contributed by atoms with Gasteiger partial charge in [-0.3, -0.25) is 0 Å². The van der Waals surface area contributed by atoms with Crippen LogP contribution in [0.3, 0.4) is 0 Å². The molecule has 144 valence electrons. The van der Waals surface area contributed by atoms with E-state index in [2.05, 4.69) is 5.32 Å². The molecular weight excluding hydrogens is 342 g/mol. The van der Waals surface area contributed by atoms with Gasteiger partial charge in [-0.15, -0.1) is 0 Å². The number of carbonyl (C=O) groups excluding carboxylic acids is 1. The second kappa shape index (κ2) is 8.01. The lowest BCUT2D eigenvalue weighted by molar-refractivity contribution is 0.0523. The number of carbonyl (C=O) groups is 1. The molecule has 1 unspecified atom stereocenters. The van der Waals surface area contributed by atoms with Gasteiger partial charge in [-0.05, 0) is 32.4 Å². The average Bonchev–Trinajstić information content (AvgIpc) is 3.40. The van der Waals surface area contributed by atoms with Gasteiger partial charge in [-0.1, -0.05) is 48.5 Å². The van der Waals surface area contributed by atoms with Gasteiger partial charge < -0.3 is 19.5 Å². The van der Waals surface area contributed by atoms with E-state index in [4.69, 9.17) is 14.2 Å². The molecule has 1 heterocycles. The van der Waals surface area contributed by atoms with Crippen LogP contribution >= 0.6 is 0 Å². The molecule has 0 radical (unpaired) electrons. The second-order valence-electron chi connectivity index (χ2n) is 7.73. The quantitative estimate of drug-likeness (QED) is 0.735. The number of ether oxygens (including phenoxy) is 3. The van der Waals surface area contributed by atoms with Crippen LogP contribution in [-0.4, -0.2) is 24.8 Å². The first-order chi connectivity index (χ1) is 12.9. The van der Waals surface area contributed by atoms with E-state index in [9.17, 15) is 4.79 Å². The van der Waals surface area contributed by atoms with E-state index in [0.717, 1.165) is 16.9 Å². The van der Waals surface area contributed by atoms with Crippen molar-refractivity contribution < 1.29 is 19.0 Å². The summed E-state index contributed by atoms with van der Waals surface area (Å²) >= 11 is 0. The van der Waals surface area contributed by atoms with E-state index in [1.165, 1.54) is 0 Å². The zero-order valence-electron chi connectivity index (χ0n) is 16.2. The zero-order valence-corrected chi connectivity index (χ0v) is 16.2. The van der Waals surface area contributed by atoms with Gasteiger partial charge in [0.15, 0.2) is 0 Å². The van der Waals surface area contributed by atoms with Gasteiger partial charge in [-0.25, -0.2) is 4.79 Å². The number of benzene rings is 2. The molecule has 1 amide bonds. The van der Waals surface area contributed by atoms with E-state index in [0.29, 0.717) is 26.2 Å². The van der Waals surface area contributed by atoms with Crippen molar-refractivity contribution in [3.05, 3.63) is 65.7 Å². The minimum Gasteiger partial charge on any atom is -0.489 e. The smallest absolute Gasteiger partial charge is 0.407 e. The van der Waals surface area contributed by atoms with Crippen LogP contribution < -0.4 is 10.1 Å². The van der Waals surface area contributed by atoms with Crippen molar-refractivity contribution in [2.75, 3.05) is 13.2 Å². The van der Waals surface area contributed by atoms with Crippen molar-refractivity contribution in [2.45, 2.75) is 45.0 Å². The molecule has 1 atom stereocenters. The fourth-order valence-electron chi connectivity index (χ4n) is 2.91. The van der Waals surface area contributed by atoms with Crippen molar-refractivity contribution in [2.24, 2.45) is 0 Å². The van der Waals surface area contributed by atoms with Crippen LogP contribution in [0.25, 0.3) is 0 Å². The fraction of sp³-hybridized carbons (Fsp3) is 0.409. The molecule has 5 heteroatoms. The molecule has 1 aliphatic heterocycles. The van der Waals surface area contributed by atoms with Gasteiger partial charge in [0, 0.05) is 18.5 Å². The Hall–Kier alpha value is -2.53. The van der Waals surface area contributed by atoms with Crippen molar-refractivity contribution in [1.29, 1.82) is 0 Å². The number of nitrogens with one attached hydrogen (secondary N) is 1. The van der Waals surface area contributed by atoms with Gasteiger partial charge in [0.2, 0.25) is 0 Å². The van der Waals surface area contributed by atoms with Gasteiger partial charge in [-0.2, -0.15) is 0 Å². The third kappa shape index (κ3) is 5.47. The molecule has 2 aromatic rings. The predicted molar refractivity (Wildman–Crippen MR) is 104 cm³/mol. The monoisotopic (exact) mass is 369 g/mol. The van der Waals surface area contributed by atoms with Crippen LogP contribution in [0.5, 0.6) is 5.75 Å². The Labute approximate surface area is 160 Å². The Kier molecular flexibility index (Phi) is 5.71. The highest BCUT2D eigenvalue weighted by molar-refractivity contribution is 5.67. The Morgan fingerprint density at radius 1 is 1.11 bits per heavy atom. The Bertz CT molecular complexity index is 763. The molecule has 5 nitrogen and oxygen atoms in total. The summed E-state index contributed by atoms with van der Waals surface area (Å²) in [4.78, 5) is 11.8. The summed E-state index contributed by atoms with van der Waals surface area (Å²) in [6.45, 7) is 7.13. The van der Waals surface area contributed by atoms with Crippen molar-refractivity contribution >= 4 is 6.09 Å². The first-order valence-corrected chi connectivity index (χ1v) is 9.25. The highest BCUT2D eigenvalue weighted by Gasteiger charge is 2.47. The molecular formula is C22H27NO4. The van der Waals surface area contributed by atoms with Crippen LogP contribution in [0.15, 0.2) is 54.6 Å². The maximum atomic E-state index is 11.8. The standard InChI is InChI=1S/C22H27NO4/c1-21(2,3)27-20(24)23-14-13-22(16-26-22)18-11-7-8-12-19(18)25-15-17-9-5-4-6-10-17/h4-12H,13-16H2,1-3H3,(H,23,24). The highest BCUT2D eigenvalue weighted by Crippen LogP contribution is 2.45. The SMILES string of the molecule is CC(C)(C)OC(=O)NCCC1(c2ccccc2OCc2ccccc2)CO1. The summed E-state index contributed by atoms with van der Waals surface area (Å²) in [5.41, 5.74) is 1.23. The Balaban J connectivity index is 1.59. The molecule has 3 rings (SSSR count). The average molecular weight is 369 g/mol. The van der Waals surface area contributed by atoms with Crippen LogP contribution in [0.1, 0.15) is 38.3 Å². The van der Waals surface area contributed by atoms with E-state index in [1.807, 2.05) is 75.4 Å². The maximum Gasteiger partial charge on any atom is 0.407 e. The molecule has 0 bridgehead atoms.